The van der Waals surface area contributed by atoms with Gasteiger partial charge in [-0.25, -0.2) is 4.39 Å². The number of hydrogen-bond donors (Lipinski definition) is 1. The van der Waals surface area contributed by atoms with E-state index in [0.717, 1.165) is 36.5 Å². The Bertz CT molecular complexity index is 683. The lowest BCUT2D eigenvalue weighted by atomic mass is 10.3. The minimum absolute atomic E-state index is 0.0581. The highest BCUT2D eigenvalue weighted by atomic mass is 79.9. The average Bonchev–Trinajstić information content (AvgIpc) is 2.96. The van der Waals surface area contributed by atoms with E-state index in [1.807, 2.05) is 0 Å². The van der Waals surface area contributed by atoms with E-state index in [4.69, 9.17) is 0 Å². The molecule has 24 heavy (non-hydrogen) atoms. The standard InChI is InChI=1S/C17H19BrFN3OS/c18-16-6-5-15(24-16)11-21-7-9-22(10-8-21)12-17(23)20-14-3-1-13(19)2-4-14/h1-6H,7-12H2,(H,20,23). The maximum Gasteiger partial charge on any atom is 0.238 e. The molecule has 2 heterocycles. The van der Waals surface area contributed by atoms with Gasteiger partial charge in [0.15, 0.2) is 0 Å². The molecule has 1 amide bonds. The lowest BCUT2D eigenvalue weighted by Gasteiger charge is -2.34. The van der Waals surface area contributed by atoms with Gasteiger partial charge >= 0.3 is 0 Å². The molecule has 0 unspecified atom stereocenters. The third-order valence-corrected chi connectivity index (χ3v) is 5.58. The molecule has 1 N–H and O–H groups in total. The summed E-state index contributed by atoms with van der Waals surface area (Å²) in [5.74, 6) is -0.362. The molecule has 7 heteroatoms. The fourth-order valence-corrected chi connectivity index (χ4v) is 4.23. The van der Waals surface area contributed by atoms with Gasteiger partial charge in [0, 0.05) is 43.3 Å². The van der Waals surface area contributed by atoms with Crippen LogP contribution in [0.1, 0.15) is 4.88 Å². The van der Waals surface area contributed by atoms with Gasteiger partial charge in [-0.2, -0.15) is 0 Å². The van der Waals surface area contributed by atoms with Gasteiger partial charge in [0.1, 0.15) is 5.82 Å². The summed E-state index contributed by atoms with van der Waals surface area (Å²) in [5, 5.41) is 2.81. The van der Waals surface area contributed by atoms with Gasteiger partial charge < -0.3 is 5.32 Å². The van der Waals surface area contributed by atoms with Crippen LogP contribution < -0.4 is 5.32 Å². The van der Waals surface area contributed by atoms with E-state index in [1.54, 1.807) is 23.5 Å². The quantitative estimate of drug-likeness (QED) is 0.818. The molecule has 1 aromatic heterocycles. The Labute approximate surface area is 153 Å². The normalized spacial score (nSPS) is 16.2. The van der Waals surface area contributed by atoms with Crippen LogP contribution >= 0.6 is 27.3 Å². The number of hydrogen-bond acceptors (Lipinski definition) is 4. The van der Waals surface area contributed by atoms with Crippen LogP contribution in [0, 0.1) is 5.82 Å². The van der Waals surface area contributed by atoms with Crippen LogP contribution in [0.3, 0.4) is 0 Å². The van der Waals surface area contributed by atoms with Gasteiger partial charge in [-0.3, -0.25) is 14.6 Å². The van der Waals surface area contributed by atoms with Crippen LogP contribution in [0.15, 0.2) is 40.2 Å². The van der Waals surface area contributed by atoms with E-state index in [0.29, 0.717) is 12.2 Å². The second-order valence-corrected chi connectivity index (χ2v) is 8.36. The van der Waals surface area contributed by atoms with E-state index >= 15 is 0 Å². The van der Waals surface area contributed by atoms with E-state index < -0.39 is 0 Å². The fraction of sp³-hybridized carbons (Fsp3) is 0.353. The zero-order valence-corrected chi connectivity index (χ0v) is 15.6. The molecule has 1 fully saturated rings. The van der Waals surface area contributed by atoms with Crippen molar-refractivity contribution in [2.24, 2.45) is 0 Å². The monoisotopic (exact) mass is 411 g/mol. The molecule has 1 aliphatic heterocycles. The maximum atomic E-state index is 12.9. The molecule has 128 valence electrons. The molecule has 0 radical (unpaired) electrons. The number of carbonyl (C=O) groups is 1. The summed E-state index contributed by atoms with van der Waals surface area (Å²) in [4.78, 5) is 18.0. The first-order chi connectivity index (χ1) is 11.6. The fourth-order valence-electron chi connectivity index (χ4n) is 2.70. The van der Waals surface area contributed by atoms with Gasteiger partial charge in [0.05, 0.1) is 10.3 Å². The third kappa shape index (κ3) is 5.11. The van der Waals surface area contributed by atoms with Crippen molar-refractivity contribution in [1.29, 1.82) is 0 Å². The SMILES string of the molecule is O=C(CN1CCN(Cc2ccc(Br)s2)CC1)Nc1ccc(F)cc1. The maximum absolute atomic E-state index is 12.9. The number of halogens is 2. The van der Waals surface area contributed by atoms with Crippen LogP contribution in [-0.2, 0) is 11.3 Å². The summed E-state index contributed by atoms with van der Waals surface area (Å²) >= 11 is 5.26. The number of rotatable bonds is 5. The average molecular weight is 412 g/mol. The molecule has 4 nitrogen and oxygen atoms in total. The molecule has 2 aromatic rings. The van der Waals surface area contributed by atoms with Crippen LogP contribution in [0.4, 0.5) is 10.1 Å². The molecular weight excluding hydrogens is 393 g/mol. The molecule has 0 spiro atoms. The first-order valence-electron chi connectivity index (χ1n) is 7.83. The van der Waals surface area contributed by atoms with Crippen molar-refractivity contribution in [3.05, 3.63) is 50.9 Å². The number of thiophene rings is 1. The van der Waals surface area contributed by atoms with E-state index in [-0.39, 0.29) is 11.7 Å². The largest absolute Gasteiger partial charge is 0.325 e. The van der Waals surface area contributed by atoms with Crippen molar-refractivity contribution < 1.29 is 9.18 Å². The van der Waals surface area contributed by atoms with Gasteiger partial charge in [0.2, 0.25) is 5.91 Å². The lowest BCUT2D eigenvalue weighted by Crippen LogP contribution is -2.48. The van der Waals surface area contributed by atoms with Crippen LogP contribution in [-0.4, -0.2) is 48.4 Å². The lowest BCUT2D eigenvalue weighted by molar-refractivity contribution is -0.117. The van der Waals surface area contributed by atoms with Crippen molar-refractivity contribution in [1.82, 2.24) is 9.80 Å². The highest BCUT2D eigenvalue weighted by molar-refractivity contribution is 9.11. The van der Waals surface area contributed by atoms with Gasteiger partial charge in [-0.15, -0.1) is 11.3 Å². The van der Waals surface area contributed by atoms with Crippen molar-refractivity contribution in [2.75, 3.05) is 38.0 Å². The number of piperazine rings is 1. The topological polar surface area (TPSA) is 35.6 Å². The highest BCUT2D eigenvalue weighted by Crippen LogP contribution is 2.23. The molecule has 1 aliphatic rings. The number of nitrogens with zero attached hydrogens (tertiary/aromatic N) is 2. The molecular formula is C17H19BrFN3OS. The van der Waals surface area contributed by atoms with Crippen LogP contribution in [0.2, 0.25) is 0 Å². The second kappa shape index (κ2) is 8.20. The predicted octanol–water partition coefficient (Wildman–Crippen LogP) is 3.41. The van der Waals surface area contributed by atoms with Crippen LogP contribution in [0.25, 0.3) is 0 Å². The first kappa shape index (κ1) is 17.5. The Morgan fingerprint density at radius 2 is 1.75 bits per heavy atom. The molecule has 0 atom stereocenters. The van der Waals surface area contributed by atoms with Crippen molar-refractivity contribution in [3.63, 3.8) is 0 Å². The Balaban J connectivity index is 1.41. The van der Waals surface area contributed by atoms with Gasteiger partial charge in [0.25, 0.3) is 0 Å². The van der Waals surface area contributed by atoms with Gasteiger partial charge in [-0.1, -0.05) is 0 Å². The minimum atomic E-state index is -0.304. The molecule has 0 saturated carbocycles. The molecule has 3 rings (SSSR count). The highest BCUT2D eigenvalue weighted by Gasteiger charge is 2.19. The summed E-state index contributed by atoms with van der Waals surface area (Å²) in [6, 6.07) is 10.1. The van der Waals surface area contributed by atoms with Crippen molar-refractivity contribution >= 4 is 38.9 Å². The Morgan fingerprint density at radius 3 is 2.38 bits per heavy atom. The van der Waals surface area contributed by atoms with Crippen molar-refractivity contribution in [2.45, 2.75) is 6.54 Å². The molecule has 0 bridgehead atoms. The molecule has 0 aliphatic carbocycles. The summed E-state index contributed by atoms with van der Waals surface area (Å²) in [6.45, 7) is 5.01. The number of nitrogens with one attached hydrogen (secondary N) is 1. The molecule has 1 saturated heterocycles. The smallest absolute Gasteiger partial charge is 0.238 e. The predicted molar refractivity (Wildman–Crippen MR) is 98.8 cm³/mol. The number of carbonyl (C=O) groups excluding carboxylic acids is 1. The summed E-state index contributed by atoms with van der Waals surface area (Å²) in [5.41, 5.74) is 0.628. The first-order valence-corrected chi connectivity index (χ1v) is 9.44. The van der Waals surface area contributed by atoms with E-state index in [9.17, 15) is 9.18 Å². The Morgan fingerprint density at radius 1 is 1.08 bits per heavy atom. The zero-order valence-electron chi connectivity index (χ0n) is 13.2. The number of anilines is 1. The third-order valence-electron chi connectivity index (χ3n) is 3.97. The van der Waals surface area contributed by atoms with E-state index in [1.165, 1.54) is 17.0 Å². The Hall–Kier alpha value is -1.28. The van der Waals surface area contributed by atoms with Crippen LogP contribution in [0.5, 0.6) is 0 Å². The van der Waals surface area contributed by atoms with Crippen molar-refractivity contribution in [3.8, 4) is 0 Å². The second-order valence-electron chi connectivity index (χ2n) is 5.81. The zero-order chi connectivity index (χ0) is 16.9. The summed E-state index contributed by atoms with van der Waals surface area (Å²) in [7, 11) is 0. The van der Waals surface area contributed by atoms with E-state index in [2.05, 4.69) is 43.2 Å². The van der Waals surface area contributed by atoms with Gasteiger partial charge in [-0.05, 0) is 52.3 Å². The molecule has 1 aromatic carbocycles. The Kier molecular flexibility index (Phi) is 5.99. The summed E-state index contributed by atoms with van der Waals surface area (Å²) in [6.07, 6.45) is 0. The number of amides is 1. The minimum Gasteiger partial charge on any atom is -0.325 e. The number of benzene rings is 1. The summed E-state index contributed by atoms with van der Waals surface area (Å²) < 4.78 is 14.0.